The van der Waals surface area contributed by atoms with Crippen LogP contribution >= 0.6 is 15.9 Å². The Bertz CT molecular complexity index is 776. The highest BCUT2D eigenvalue weighted by molar-refractivity contribution is 9.10. The molecule has 5 heteroatoms. The van der Waals surface area contributed by atoms with E-state index in [2.05, 4.69) is 21.1 Å². The van der Waals surface area contributed by atoms with Gasteiger partial charge in [-0.05, 0) is 30.7 Å². The van der Waals surface area contributed by atoms with E-state index in [1.807, 2.05) is 31.2 Å². The van der Waals surface area contributed by atoms with E-state index in [-0.39, 0.29) is 11.6 Å². The van der Waals surface area contributed by atoms with Crippen molar-refractivity contribution in [1.82, 2.24) is 5.16 Å². The fraction of sp³-hybridized carbons (Fsp3) is 0.0625. The first-order chi connectivity index (χ1) is 10.0. The van der Waals surface area contributed by atoms with Gasteiger partial charge in [0.05, 0.1) is 5.56 Å². The van der Waals surface area contributed by atoms with Crippen molar-refractivity contribution in [3.05, 3.63) is 58.3 Å². The average Bonchev–Trinajstić information content (AvgIpc) is 2.80. The van der Waals surface area contributed by atoms with Gasteiger partial charge in [0.1, 0.15) is 5.82 Å². The van der Waals surface area contributed by atoms with Gasteiger partial charge in [-0.3, -0.25) is 0 Å². The maximum absolute atomic E-state index is 13.6. The third kappa shape index (κ3) is 2.69. The summed E-state index contributed by atoms with van der Waals surface area (Å²) in [5.41, 5.74) is 9.20. The molecule has 0 aliphatic heterocycles. The van der Waals surface area contributed by atoms with Gasteiger partial charge in [0.25, 0.3) is 0 Å². The summed E-state index contributed by atoms with van der Waals surface area (Å²) in [6.45, 7) is 2.01. The summed E-state index contributed by atoms with van der Waals surface area (Å²) in [6, 6.07) is 12.4. The lowest BCUT2D eigenvalue weighted by molar-refractivity contribution is 0.436. The quantitative estimate of drug-likeness (QED) is 0.724. The zero-order chi connectivity index (χ0) is 15.0. The van der Waals surface area contributed by atoms with Crippen molar-refractivity contribution >= 4 is 21.7 Å². The van der Waals surface area contributed by atoms with Crippen LogP contribution < -0.4 is 5.73 Å². The van der Waals surface area contributed by atoms with E-state index in [1.54, 1.807) is 6.07 Å². The zero-order valence-corrected chi connectivity index (χ0v) is 12.8. The molecular weight excluding hydrogens is 335 g/mol. The van der Waals surface area contributed by atoms with Crippen molar-refractivity contribution in [2.45, 2.75) is 6.92 Å². The van der Waals surface area contributed by atoms with Crippen molar-refractivity contribution in [2.75, 3.05) is 5.73 Å². The van der Waals surface area contributed by atoms with Gasteiger partial charge in [-0.1, -0.05) is 50.9 Å². The third-order valence-corrected chi connectivity index (χ3v) is 3.64. The number of rotatable bonds is 2. The van der Waals surface area contributed by atoms with E-state index in [9.17, 15) is 4.39 Å². The fourth-order valence-electron chi connectivity index (χ4n) is 2.18. The first-order valence-corrected chi connectivity index (χ1v) is 7.12. The maximum atomic E-state index is 13.6. The number of nitrogens with two attached hydrogens (primary N) is 1. The molecular formula is C16H12BrFN2O. The Morgan fingerprint density at radius 3 is 2.48 bits per heavy atom. The standard InChI is InChI=1S/C16H12BrFN2O/c1-9-2-4-10(5-3-9)14-15(21-20-16(14)19)11-6-12(17)8-13(18)7-11/h2-8H,1H3,(H2,19,20). The Kier molecular flexibility index (Phi) is 3.51. The maximum Gasteiger partial charge on any atom is 0.177 e. The van der Waals surface area contributed by atoms with Crippen LogP contribution in [0.4, 0.5) is 10.2 Å². The highest BCUT2D eigenvalue weighted by Gasteiger charge is 2.18. The van der Waals surface area contributed by atoms with Crippen molar-refractivity contribution in [3.63, 3.8) is 0 Å². The molecule has 3 aromatic rings. The molecule has 0 unspecified atom stereocenters. The average molecular weight is 347 g/mol. The minimum atomic E-state index is -0.357. The Morgan fingerprint density at radius 2 is 1.81 bits per heavy atom. The van der Waals surface area contributed by atoms with E-state index in [0.29, 0.717) is 21.4 Å². The predicted octanol–water partition coefficient (Wildman–Crippen LogP) is 4.80. The highest BCUT2D eigenvalue weighted by atomic mass is 79.9. The summed E-state index contributed by atoms with van der Waals surface area (Å²) in [4.78, 5) is 0. The second-order valence-electron chi connectivity index (χ2n) is 4.80. The van der Waals surface area contributed by atoms with Crippen molar-refractivity contribution < 1.29 is 8.91 Å². The lowest BCUT2D eigenvalue weighted by Gasteiger charge is -2.04. The Morgan fingerprint density at radius 1 is 1.10 bits per heavy atom. The second-order valence-corrected chi connectivity index (χ2v) is 5.71. The molecule has 0 amide bonds. The molecule has 0 saturated carbocycles. The van der Waals surface area contributed by atoms with E-state index >= 15 is 0 Å². The topological polar surface area (TPSA) is 52.0 Å². The molecule has 0 aliphatic rings. The van der Waals surface area contributed by atoms with Crippen LogP contribution in [-0.4, -0.2) is 5.16 Å². The van der Waals surface area contributed by atoms with E-state index in [1.165, 1.54) is 12.1 Å². The smallest absolute Gasteiger partial charge is 0.177 e. The monoisotopic (exact) mass is 346 g/mol. The van der Waals surface area contributed by atoms with Gasteiger partial charge in [-0.15, -0.1) is 0 Å². The largest absolute Gasteiger partial charge is 0.380 e. The number of hydrogen-bond donors (Lipinski definition) is 1. The predicted molar refractivity (Wildman–Crippen MR) is 84.2 cm³/mol. The zero-order valence-electron chi connectivity index (χ0n) is 11.2. The Hall–Kier alpha value is -2.14. The van der Waals surface area contributed by atoms with Crippen molar-refractivity contribution in [2.24, 2.45) is 0 Å². The van der Waals surface area contributed by atoms with Crippen molar-refractivity contribution in [1.29, 1.82) is 0 Å². The molecule has 0 spiro atoms. The minimum absolute atomic E-state index is 0.286. The van der Waals surface area contributed by atoms with Crippen LogP contribution in [-0.2, 0) is 0 Å². The van der Waals surface area contributed by atoms with Gasteiger partial charge < -0.3 is 10.3 Å². The molecule has 21 heavy (non-hydrogen) atoms. The van der Waals surface area contributed by atoms with Crippen LogP contribution in [0.1, 0.15) is 5.56 Å². The van der Waals surface area contributed by atoms with E-state index in [4.69, 9.17) is 10.3 Å². The van der Waals surface area contributed by atoms with Gasteiger partial charge in [-0.25, -0.2) is 4.39 Å². The van der Waals surface area contributed by atoms with Crippen LogP contribution in [0, 0.1) is 12.7 Å². The van der Waals surface area contributed by atoms with Crippen LogP contribution in [0.5, 0.6) is 0 Å². The molecule has 106 valence electrons. The lowest BCUT2D eigenvalue weighted by Crippen LogP contribution is -1.89. The second kappa shape index (κ2) is 5.33. The van der Waals surface area contributed by atoms with Gasteiger partial charge in [0.2, 0.25) is 0 Å². The molecule has 0 saturated heterocycles. The van der Waals surface area contributed by atoms with Gasteiger partial charge in [-0.2, -0.15) is 0 Å². The summed E-state index contributed by atoms with van der Waals surface area (Å²) in [6.07, 6.45) is 0. The molecule has 2 aromatic carbocycles. The van der Waals surface area contributed by atoms with Gasteiger partial charge in [0, 0.05) is 10.0 Å². The molecule has 1 aromatic heterocycles. The minimum Gasteiger partial charge on any atom is -0.380 e. The number of aromatic nitrogens is 1. The molecule has 0 fully saturated rings. The van der Waals surface area contributed by atoms with Crippen molar-refractivity contribution in [3.8, 4) is 22.5 Å². The molecule has 3 rings (SSSR count). The van der Waals surface area contributed by atoms with Crippen LogP contribution in [0.15, 0.2) is 51.5 Å². The lowest BCUT2D eigenvalue weighted by atomic mass is 10.0. The molecule has 2 N–H and O–H groups in total. The first-order valence-electron chi connectivity index (χ1n) is 6.33. The summed E-state index contributed by atoms with van der Waals surface area (Å²) in [5.74, 6) is 0.384. The van der Waals surface area contributed by atoms with Crippen LogP contribution in [0.25, 0.3) is 22.5 Å². The van der Waals surface area contributed by atoms with Crippen LogP contribution in [0.3, 0.4) is 0 Å². The van der Waals surface area contributed by atoms with E-state index in [0.717, 1.165) is 11.1 Å². The summed E-state index contributed by atoms with van der Waals surface area (Å²) >= 11 is 3.27. The summed E-state index contributed by atoms with van der Waals surface area (Å²) in [7, 11) is 0. The Labute approximate surface area is 129 Å². The number of halogens is 2. The van der Waals surface area contributed by atoms with Gasteiger partial charge >= 0.3 is 0 Å². The molecule has 0 radical (unpaired) electrons. The van der Waals surface area contributed by atoms with Crippen LogP contribution in [0.2, 0.25) is 0 Å². The summed E-state index contributed by atoms with van der Waals surface area (Å²) < 4.78 is 19.5. The number of benzene rings is 2. The number of aryl methyl sites for hydroxylation is 1. The number of anilines is 1. The third-order valence-electron chi connectivity index (χ3n) is 3.18. The summed E-state index contributed by atoms with van der Waals surface area (Å²) in [5, 5.41) is 3.82. The number of hydrogen-bond acceptors (Lipinski definition) is 3. The molecule has 0 aliphatic carbocycles. The molecule has 0 atom stereocenters. The molecule has 1 heterocycles. The highest BCUT2D eigenvalue weighted by Crippen LogP contribution is 2.37. The van der Waals surface area contributed by atoms with E-state index < -0.39 is 0 Å². The fourth-order valence-corrected chi connectivity index (χ4v) is 2.65. The normalized spacial score (nSPS) is 10.8. The SMILES string of the molecule is Cc1ccc(-c2c(N)noc2-c2cc(F)cc(Br)c2)cc1. The number of nitrogen functional groups attached to an aromatic ring is 1. The first kappa shape index (κ1) is 13.8. The number of nitrogens with zero attached hydrogens (tertiary/aromatic N) is 1. The molecule has 3 nitrogen and oxygen atoms in total. The van der Waals surface area contributed by atoms with Gasteiger partial charge in [0.15, 0.2) is 11.6 Å². The molecule has 0 bridgehead atoms. The Balaban J connectivity index is 2.19.